The van der Waals surface area contributed by atoms with Crippen LogP contribution >= 0.6 is 11.3 Å². The molecular formula is C20H27N3O2S. The van der Waals surface area contributed by atoms with Crippen LogP contribution in [0, 0.1) is 6.92 Å². The number of nitrogens with zero attached hydrogens (tertiary/aromatic N) is 1. The minimum atomic E-state index is -0.124. The fourth-order valence-corrected chi connectivity index (χ4v) is 3.35. The Labute approximate surface area is 159 Å². The summed E-state index contributed by atoms with van der Waals surface area (Å²) in [6, 6.07) is 7.47. The van der Waals surface area contributed by atoms with Crippen molar-refractivity contribution in [3.63, 3.8) is 0 Å². The van der Waals surface area contributed by atoms with Crippen molar-refractivity contribution in [2.24, 2.45) is 0 Å². The van der Waals surface area contributed by atoms with Crippen LogP contribution in [0.25, 0.3) is 0 Å². The van der Waals surface area contributed by atoms with Gasteiger partial charge in [-0.2, -0.15) is 0 Å². The van der Waals surface area contributed by atoms with Crippen molar-refractivity contribution in [1.82, 2.24) is 15.6 Å². The van der Waals surface area contributed by atoms with Gasteiger partial charge in [-0.15, -0.1) is 11.3 Å². The van der Waals surface area contributed by atoms with E-state index >= 15 is 0 Å². The van der Waals surface area contributed by atoms with Gasteiger partial charge in [0.1, 0.15) is 4.88 Å². The maximum atomic E-state index is 12.5. The van der Waals surface area contributed by atoms with E-state index in [1.165, 1.54) is 11.3 Å². The summed E-state index contributed by atoms with van der Waals surface area (Å²) in [5, 5.41) is 6.85. The van der Waals surface area contributed by atoms with Crippen LogP contribution in [0.2, 0.25) is 0 Å². The topological polar surface area (TPSA) is 71.1 Å². The van der Waals surface area contributed by atoms with Crippen LogP contribution in [-0.2, 0) is 6.54 Å². The molecule has 6 heteroatoms. The number of hydrogen-bond donors (Lipinski definition) is 2. The highest BCUT2D eigenvalue weighted by Gasteiger charge is 2.17. The third kappa shape index (κ3) is 5.14. The van der Waals surface area contributed by atoms with Crippen molar-refractivity contribution in [3.8, 4) is 0 Å². The summed E-state index contributed by atoms with van der Waals surface area (Å²) in [7, 11) is 0. The van der Waals surface area contributed by atoms with Gasteiger partial charge in [-0.25, -0.2) is 4.98 Å². The quantitative estimate of drug-likeness (QED) is 0.770. The predicted molar refractivity (Wildman–Crippen MR) is 106 cm³/mol. The molecule has 140 valence electrons. The van der Waals surface area contributed by atoms with E-state index in [-0.39, 0.29) is 17.9 Å². The molecule has 0 saturated carbocycles. The molecule has 2 aromatic rings. The van der Waals surface area contributed by atoms with Crippen molar-refractivity contribution in [2.75, 3.05) is 0 Å². The van der Waals surface area contributed by atoms with E-state index in [1.54, 1.807) is 6.07 Å². The molecule has 0 aliphatic heterocycles. The highest BCUT2D eigenvalue weighted by atomic mass is 32.1. The maximum Gasteiger partial charge on any atom is 0.263 e. The standard InChI is InChI=1S/C20H27N3O2S/c1-6-13(4)22-18(24)16-9-7-8-15(10-16)11-21-19(25)17-14(5)23-20(26-17)12(2)3/h7-10,12-13H,6,11H2,1-5H3,(H,21,25)(H,22,24). The molecule has 0 aliphatic rings. The Balaban J connectivity index is 2.02. The molecule has 0 saturated heterocycles. The van der Waals surface area contributed by atoms with Crippen molar-refractivity contribution < 1.29 is 9.59 Å². The monoisotopic (exact) mass is 373 g/mol. The van der Waals surface area contributed by atoms with E-state index in [0.717, 1.165) is 22.7 Å². The first-order valence-corrected chi connectivity index (χ1v) is 9.78. The smallest absolute Gasteiger partial charge is 0.263 e. The molecule has 0 radical (unpaired) electrons. The zero-order valence-electron chi connectivity index (χ0n) is 16.1. The number of hydrogen-bond acceptors (Lipinski definition) is 4. The fourth-order valence-electron chi connectivity index (χ4n) is 2.37. The van der Waals surface area contributed by atoms with Gasteiger partial charge >= 0.3 is 0 Å². The summed E-state index contributed by atoms with van der Waals surface area (Å²) < 4.78 is 0. The van der Waals surface area contributed by atoms with Gasteiger partial charge in [0.05, 0.1) is 10.7 Å². The third-order valence-corrected chi connectivity index (χ3v) is 5.60. The minimum absolute atomic E-state index is 0.0904. The van der Waals surface area contributed by atoms with E-state index in [1.807, 2.05) is 39.0 Å². The van der Waals surface area contributed by atoms with Crippen LogP contribution in [-0.4, -0.2) is 22.8 Å². The van der Waals surface area contributed by atoms with Gasteiger partial charge in [-0.05, 0) is 38.0 Å². The number of carbonyl (C=O) groups is 2. The summed E-state index contributed by atoms with van der Waals surface area (Å²) in [5.74, 6) is 0.0923. The summed E-state index contributed by atoms with van der Waals surface area (Å²) in [4.78, 5) is 29.8. The van der Waals surface area contributed by atoms with Crippen LogP contribution in [0.15, 0.2) is 24.3 Å². The minimum Gasteiger partial charge on any atom is -0.350 e. The van der Waals surface area contributed by atoms with E-state index in [0.29, 0.717) is 22.9 Å². The Morgan fingerprint density at radius 1 is 1.19 bits per heavy atom. The van der Waals surface area contributed by atoms with Gasteiger partial charge in [0, 0.05) is 24.1 Å². The van der Waals surface area contributed by atoms with Gasteiger partial charge in [-0.1, -0.05) is 32.9 Å². The summed E-state index contributed by atoms with van der Waals surface area (Å²) in [6.45, 7) is 10.4. The predicted octanol–water partition coefficient (Wildman–Crippen LogP) is 4.03. The number of amides is 2. The van der Waals surface area contributed by atoms with Crippen LogP contribution < -0.4 is 10.6 Å². The van der Waals surface area contributed by atoms with Gasteiger partial charge in [0.2, 0.25) is 0 Å². The van der Waals surface area contributed by atoms with Crippen LogP contribution in [0.1, 0.15) is 76.3 Å². The first kappa shape index (κ1) is 20.1. The van der Waals surface area contributed by atoms with Crippen molar-refractivity contribution in [2.45, 2.75) is 59.5 Å². The van der Waals surface area contributed by atoms with Gasteiger partial charge in [0.25, 0.3) is 11.8 Å². The number of thiazole rings is 1. The molecule has 1 aromatic heterocycles. The zero-order chi connectivity index (χ0) is 19.3. The van der Waals surface area contributed by atoms with E-state index in [4.69, 9.17) is 0 Å². The lowest BCUT2D eigenvalue weighted by molar-refractivity contribution is 0.0937. The average Bonchev–Trinajstić information content (AvgIpc) is 3.02. The molecule has 2 N–H and O–H groups in total. The molecule has 1 atom stereocenters. The summed E-state index contributed by atoms with van der Waals surface area (Å²) in [5.41, 5.74) is 2.26. The lowest BCUT2D eigenvalue weighted by Crippen LogP contribution is -2.32. The Bertz CT molecular complexity index is 783. The van der Waals surface area contributed by atoms with Crippen LogP contribution in [0.3, 0.4) is 0 Å². The number of aryl methyl sites for hydroxylation is 1. The summed E-state index contributed by atoms with van der Waals surface area (Å²) >= 11 is 1.44. The Kier molecular flexibility index (Phi) is 6.91. The number of nitrogens with one attached hydrogen (secondary N) is 2. The Morgan fingerprint density at radius 3 is 2.54 bits per heavy atom. The second-order valence-corrected chi connectivity index (χ2v) is 7.82. The highest BCUT2D eigenvalue weighted by Crippen LogP contribution is 2.24. The Morgan fingerprint density at radius 2 is 1.92 bits per heavy atom. The second kappa shape index (κ2) is 8.94. The van der Waals surface area contributed by atoms with E-state index in [9.17, 15) is 9.59 Å². The third-order valence-electron chi connectivity index (χ3n) is 4.15. The van der Waals surface area contributed by atoms with Gasteiger partial charge in [-0.3, -0.25) is 9.59 Å². The van der Waals surface area contributed by atoms with Crippen molar-refractivity contribution in [3.05, 3.63) is 51.0 Å². The molecule has 0 fully saturated rings. The largest absolute Gasteiger partial charge is 0.350 e. The first-order valence-electron chi connectivity index (χ1n) is 8.97. The van der Waals surface area contributed by atoms with Crippen molar-refractivity contribution in [1.29, 1.82) is 0 Å². The molecule has 1 aromatic carbocycles. The van der Waals surface area contributed by atoms with Crippen LogP contribution in [0.5, 0.6) is 0 Å². The molecular weight excluding hydrogens is 346 g/mol. The van der Waals surface area contributed by atoms with Crippen molar-refractivity contribution >= 4 is 23.2 Å². The number of carbonyl (C=O) groups excluding carboxylic acids is 2. The lowest BCUT2D eigenvalue weighted by Gasteiger charge is -2.12. The SMILES string of the molecule is CCC(C)NC(=O)c1cccc(CNC(=O)c2sc(C(C)C)nc2C)c1. The molecule has 0 aliphatic carbocycles. The lowest BCUT2D eigenvalue weighted by atomic mass is 10.1. The number of benzene rings is 1. The molecule has 1 heterocycles. The Hall–Kier alpha value is -2.21. The molecule has 26 heavy (non-hydrogen) atoms. The van der Waals surface area contributed by atoms with Gasteiger partial charge < -0.3 is 10.6 Å². The second-order valence-electron chi connectivity index (χ2n) is 6.79. The molecule has 0 bridgehead atoms. The number of rotatable bonds is 7. The molecule has 1 unspecified atom stereocenters. The molecule has 2 rings (SSSR count). The normalized spacial score (nSPS) is 12.1. The zero-order valence-corrected chi connectivity index (χ0v) is 16.9. The molecule has 2 amide bonds. The molecule has 0 spiro atoms. The van der Waals surface area contributed by atoms with Gasteiger partial charge in [0.15, 0.2) is 0 Å². The highest BCUT2D eigenvalue weighted by molar-refractivity contribution is 7.13. The maximum absolute atomic E-state index is 12.5. The average molecular weight is 374 g/mol. The van der Waals surface area contributed by atoms with Crippen LogP contribution in [0.4, 0.5) is 0 Å². The fraction of sp³-hybridized carbons (Fsp3) is 0.450. The van der Waals surface area contributed by atoms with E-state index in [2.05, 4.69) is 29.5 Å². The first-order chi connectivity index (χ1) is 12.3. The number of aromatic nitrogens is 1. The van der Waals surface area contributed by atoms with E-state index < -0.39 is 0 Å². The summed E-state index contributed by atoms with van der Waals surface area (Å²) in [6.07, 6.45) is 0.883. The molecule has 5 nitrogen and oxygen atoms in total.